The van der Waals surface area contributed by atoms with Gasteiger partial charge in [-0.2, -0.15) is 8.42 Å². The minimum atomic E-state index is -4.39. The predicted octanol–water partition coefficient (Wildman–Crippen LogP) is 12.6. The molecule has 6 nitrogen and oxygen atoms in total. The molecule has 1 amide bonds. The summed E-state index contributed by atoms with van der Waals surface area (Å²) < 4.78 is 32.5. The molecule has 0 aliphatic rings. The Labute approximate surface area is 326 Å². The van der Waals surface area contributed by atoms with E-state index in [1.165, 1.54) is 89.5 Å². The van der Waals surface area contributed by atoms with Crippen molar-refractivity contribution >= 4 is 16.0 Å². The monoisotopic (exact) mass is 756 g/mol. The molecule has 53 heavy (non-hydrogen) atoms. The number of hydrogen-bond acceptors (Lipinski definition) is 4. The Morgan fingerprint density at radius 2 is 0.925 bits per heavy atom. The predicted molar refractivity (Wildman–Crippen MR) is 230 cm³/mol. The van der Waals surface area contributed by atoms with Gasteiger partial charge in [0, 0.05) is 6.42 Å². The Balaban J connectivity index is 4.12. The van der Waals surface area contributed by atoms with Crippen LogP contribution in [0.15, 0.2) is 97.2 Å². The lowest BCUT2D eigenvalue weighted by molar-refractivity contribution is -0.122. The number of aliphatic hydroxyl groups is 1. The highest BCUT2D eigenvalue weighted by Gasteiger charge is 2.24. The molecule has 7 heteroatoms. The maximum Gasteiger partial charge on any atom is 0.267 e. The summed E-state index contributed by atoms with van der Waals surface area (Å²) in [5.74, 6) is -1.12. The first kappa shape index (κ1) is 50.3. The van der Waals surface area contributed by atoms with Crippen molar-refractivity contribution in [2.24, 2.45) is 0 Å². The zero-order valence-corrected chi connectivity index (χ0v) is 34.4. The van der Waals surface area contributed by atoms with Gasteiger partial charge in [0.1, 0.15) is 0 Å². The molecule has 0 fully saturated rings. The van der Waals surface area contributed by atoms with Gasteiger partial charge in [-0.1, -0.05) is 188 Å². The second-order valence-electron chi connectivity index (χ2n) is 13.9. The second kappa shape index (κ2) is 39.0. The molecule has 0 aliphatic carbocycles. The van der Waals surface area contributed by atoms with Gasteiger partial charge in [-0.05, 0) is 70.6 Å². The number of carbonyl (C=O) groups excluding carboxylic acids is 1. The summed E-state index contributed by atoms with van der Waals surface area (Å²) in [6.45, 7) is 4.41. The highest BCUT2D eigenvalue weighted by atomic mass is 32.2. The van der Waals surface area contributed by atoms with Crippen LogP contribution in [0.5, 0.6) is 0 Å². The summed E-state index contributed by atoms with van der Waals surface area (Å²) in [7, 11) is -4.39. The summed E-state index contributed by atoms with van der Waals surface area (Å²) in [5, 5.41) is 13.2. The smallest absolute Gasteiger partial charge is 0.267 e. The second-order valence-corrected chi connectivity index (χ2v) is 15.4. The Morgan fingerprint density at radius 1 is 0.528 bits per heavy atom. The van der Waals surface area contributed by atoms with Gasteiger partial charge < -0.3 is 10.4 Å². The van der Waals surface area contributed by atoms with Crippen molar-refractivity contribution in [2.45, 2.75) is 180 Å². The van der Waals surface area contributed by atoms with Crippen LogP contribution in [0.2, 0.25) is 0 Å². The number of allylic oxidation sites excluding steroid dienone is 15. The van der Waals surface area contributed by atoms with Crippen molar-refractivity contribution in [3.05, 3.63) is 97.2 Å². The molecule has 0 aromatic rings. The van der Waals surface area contributed by atoms with E-state index >= 15 is 0 Å². The Hall–Kier alpha value is -2.74. The number of hydrogen-bond donors (Lipinski definition) is 3. The van der Waals surface area contributed by atoms with Crippen LogP contribution in [0.4, 0.5) is 0 Å². The van der Waals surface area contributed by atoms with Crippen LogP contribution in [0.3, 0.4) is 0 Å². The standard InChI is InChI=1S/C46H77NO5S/c1-3-5-7-9-11-13-15-17-19-21-23-25-27-29-31-33-35-37-39-41-45(48)44(43-53(50,51)52)47-46(49)42-40-38-36-34-32-30-28-26-24-22-20-18-16-14-12-10-8-6-4-2/h6,8,12,14,18,20,24,26,30-33,36,38-39,41,44-45,48H,3-5,7,9-11,13,15-17,19,21-23,25,27-29,34-35,37,40,42-43H2,1-2H3,(H,47,49)(H,50,51,52)/b8-6-,14-12-,20-18-,26-24-,32-30-,33-31+,38-36-,41-39+. The maximum absolute atomic E-state index is 12.5. The molecule has 0 heterocycles. The van der Waals surface area contributed by atoms with E-state index in [4.69, 9.17) is 0 Å². The number of aliphatic hydroxyl groups excluding tert-OH is 1. The quantitative estimate of drug-likeness (QED) is 0.0335. The van der Waals surface area contributed by atoms with Crippen molar-refractivity contribution in [1.29, 1.82) is 0 Å². The third-order valence-electron chi connectivity index (χ3n) is 8.76. The Morgan fingerprint density at radius 3 is 1.40 bits per heavy atom. The van der Waals surface area contributed by atoms with Gasteiger partial charge in [-0.3, -0.25) is 9.35 Å². The lowest BCUT2D eigenvalue weighted by Gasteiger charge is -2.20. The molecule has 0 aromatic carbocycles. The number of nitrogens with one attached hydrogen (secondary N) is 1. The molecule has 3 N–H and O–H groups in total. The number of amides is 1. The molecule has 302 valence electrons. The van der Waals surface area contributed by atoms with E-state index < -0.39 is 28.0 Å². The summed E-state index contributed by atoms with van der Waals surface area (Å²) in [5.41, 5.74) is 0. The normalized spacial score (nSPS) is 14.3. The first-order valence-electron chi connectivity index (χ1n) is 20.9. The molecule has 2 unspecified atom stereocenters. The fraction of sp³-hybridized carbons (Fsp3) is 0.630. The number of rotatable bonds is 36. The van der Waals surface area contributed by atoms with Gasteiger partial charge in [-0.15, -0.1) is 0 Å². The number of unbranched alkanes of at least 4 members (excludes halogenated alkanes) is 14. The summed E-state index contributed by atoms with van der Waals surface area (Å²) in [6.07, 6.45) is 58.4. The molecule has 0 saturated heterocycles. The lowest BCUT2D eigenvalue weighted by atomic mass is 10.0. The van der Waals surface area contributed by atoms with Crippen LogP contribution in [0, 0.1) is 0 Å². The fourth-order valence-electron chi connectivity index (χ4n) is 5.66. The minimum Gasteiger partial charge on any atom is -0.387 e. The highest BCUT2D eigenvalue weighted by Crippen LogP contribution is 2.13. The first-order valence-corrected chi connectivity index (χ1v) is 22.5. The van der Waals surface area contributed by atoms with E-state index in [-0.39, 0.29) is 12.3 Å². The van der Waals surface area contributed by atoms with Gasteiger partial charge in [0.05, 0.1) is 17.9 Å². The van der Waals surface area contributed by atoms with Crippen LogP contribution < -0.4 is 5.32 Å². The molecule has 0 aliphatic heterocycles. The fourth-order valence-corrected chi connectivity index (χ4v) is 6.40. The van der Waals surface area contributed by atoms with E-state index in [2.05, 4.69) is 92.1 Å². The van der Waals surface area contributed by atoms with Crippen LogP contribution in [-0.2, 0) is 14.9 Å². The Kier molecular flexibility index (Phi) is 37.0. The third kappa shape index (κ3) is 40.3. The van der Waals surface area contributed by atoms with Crippen LogP contribution in [0.25, 0.3) is 0 Å². The third-order valence-corrected chi connectivity index (χ3v) is 9.54. The maximum atomic E-state index is 12.5. The van der Waals surface area contributed by atoms with E-state index in [0.29, 0.717) is 12.8 Å². The van der Waals surface area contributed by atoms with Gasteiger partial charge in [0.15, 0.2) is 0 Å². The van der Waals surface area contributed by atoms with Crippen molar-refractivity contribution in [3.8, 4) is 0 Å². The molecule has 0 saturated carbocycles. The molecule has 0 aromatic heterocycles. The summed E-state index contributed by atoms with van der Waals surface area (Å²) in [4.78, 5) is 12.5. The Bertz CT molecular complexity index is 1190. The molecule has 0 bridgehead atoms. The van der Waals surface area contributed by atoms with E-state index in [9.17, 15) is 22.9 Å². The van der Waals surface area contributed by atoms with Crippen LogP contribution in [0.1, 0.15) is 168 Å². The van der Waals surface area contributed by atoms with Crippen molar-refractivity contribution in [2.75, 3.05) is 5.75 Å². The largest absolute Gasteiger partial charge is 0.387 e. The first-order chi connectivity index (χ1) is 25.8. The molecule has 0 radical (unpaired) electrons. The van der Waals surface area contributed by atoms with E-state index in [1.54, 1.807) is 6.08 Å². The average Bonchev–Trinajstić information content (AvgIpc) is 3.12. The van der Waals surface area contributed by atoms with Crippen LogP contribution >= 0.6 is 0 Å². The van der Waals surface area contributed by atoms with E-state index in [1.807, 2.05) is 12.2 Å². The van der Waals surface area contributed by atoms with E-state index in [0.717, 1.165) is 51.4 Å². The minimum absolute atomic E-state index is 0.157. The lowest BCUT2D eigenvalue weighted by Crippen LogP contribution is -2.46. The molecule has 2 atom stereocenters. The summed E-state index contributed by atoms with van der Waals surface area (Å²) in [6, 6.07) is -1.12. The molecular formula is C46H77NO5S. The average molecular weight is 756 g/mol. The van der Waals surface area contributed by atoms with Crippen molar-refractivity contribution in [1.82, 2.24) is 5.32 Å². The van der Waals surface area contributed by atoms with Crippen molar-refractivity contribution < 1.29 is 22.9 Å². The van der Waals surface area contributed by atoms with Crippen molar-refractivity contribution in [3.63, 3.8) is 0 Å². The molecule has 0 rings (SSSR count). The number of carbonyl (C=O) groups is 1. The van der Waals surface area contributed by atoms with Gasteiger partial charge in [0.25, 0.3) is 10.1 Å². The topological polar surface area (TPSA) is 104 Å². The van der Waals surface area contributed by atoms with Gasteiger partial charge in [-0.25, -0.2) is 0 Å². The van der Waals surface area contributed by atoms with Crippen LogP contribution in [-0.4, -0.2) is 41.9 Å². The zero-order chi connectivity index (χ0) is 38.9. The SMILES string of the molecule is CC/C=C\C/C=C\C/C=C\C/C=C\C/C=C\C/C=C\CCC(=O)NC(CS(=O)(=O)O)C(O)/C=C/CC/C=C/CCCCCCCCCCCCCCC. The zero-order valence-electron chi connectivity index (χ0n) is 33.6. The molecular weight excluding hydrogens is 679 g/mol. The van der Waals surface area contributed by atoms with Gasteiger partial charge >= 0.3 is 0 Å². The summed E-state index contributed by atoms with van der Waals surface area (Å²) >= 11 is 0. The molecule has 0 spiro atoms. The van der Waals surface area contributed by atoms with Gasteiger partial charge in [0.2, 0.25) is 5.91 Å². The highest BCUT2D eigenvalue weighted by molar-refractivity contribution is 7.85.